The molecule has 1 N–H and O–H groups in total. The molecule has 5 rings (SSSR count). The summed E-state index contributed by atoms with van der Waals surface area (Å²) in [4.78, 5) is 11.5. The van der Waals surface area contributed by atoms with Crippen LogP contribution >= 0.6 is 62.3 Å². The van der Waals surface area contributed by atoms with Gasteiger partial charge in [-0.15, -0.1) is 0 Å². The minimum atomic E-state index is -4.64. The zero-order valence-electron chi connectivity index (χ0n) is 21.5. The summed E-state index contributed by atoms with van der Waals surface area (Å²) in [6.07, 6.45) is -9.27. The van der Waals surface area contributed by atoms with Crippen molar-refractivity contribution >= 4 is 62.3 Å². The number of nitrogens with zero attached hydrogens (tertiary/aromatic N) is 3. The predicted molar refractivity (Wildman–Crippen MR) is 158 cm³/mol. The molecular formula is C27H15BrCl4F6N4O2. The number of hydrogen-bond donors (Lipinski definition) is 1. The molecule has 6 nitrogen and oxygen atoms in total. The average molecular weight is 763 g/mol. The van der Waals surface area contributed by atoms with Crippen LogP contribution in [-0.2, 0) is 19.0 Å². The number of rotatable bonds is 5. The summed E-state index contributed by atoms with van der Waals surface area (Å²) in [7, 11) is 0. The Bertz CT molecular complexity index is 1800. The number of aromatic nitrogens is 4. The van der Waals surface area contributed by atoms with Crippen molar-refractivity contribution in [1.82, 2.24) is 19.6 Å². The highest BCUT2D eigenvalue weighted by Gasteiger charge is 2.36. The fourth-order valence-corrected chi connectivity index (χ4v) is 4.99. The number of alkyl halides is 6. The summed E-state index contributed by atoms with van der Waals surface area (Å²) < 4.78 is 84.7. The molecule has 232 valence electrons. The van der Waals surface area contributed by atoms with Crippen molar-refractivity contribution in [2.24, 2.45) is 0 Å². The topological polar surface area (TPSA) is 64.8 Å². The largest absolute Gasteiger partial charge is 0.473 e. The van der Waals surface area contributed by atoms with Crippen LogP contribution in [0.5, 0.6) is 5.88 Å². The lowest BCUT2D eigenvalue weighted by Crippen LogP contribution is -2.14. The lowest BCUT2D eigenvalue weighted by molar-refractivity contribution is -0.142. The molecule has 0 bridgehead atoms. The molecule has 0 saturated carbocycles. The van der Waals surface area contributed by atoms with Gasteiger partial charge in [0, 0.05) is 16.6 Å². The SMILES string of the molecule is FC(F)(F)c1cc(OCc2ccc(Br)cc2)n(-c2c(Cl)cccc2Cl)n1.O=c1cc(C(F)(F)F)[nH]n1-c1c(Cl)cccc1Cl. The molecule has 0 saturated heterocycles. The highest BCUT2D eigenvalue weighted by molar-refractivity contribution is 9.10. The first-order chi connectivity index (χ1) is 20.6. The number of para-hydroxylation sites is 2. The van der Waals surface area contributed by atoms with Gasteiger partial charge >= 0.3 is 12.4 Å². The number of benzene rings is 3. The molecule has 17 heteroatoms. The van der Waals surface area contributed by atoms with Crippen LogP contribution in [0.25, 0.3) is 11.4 Å². The van der Waals surface area contributed by atoms with Gasteiger partial charge in [-0.2, -0.15) is 36.1 Å². The van der Waals surface area contributed by atoms with Crippen molar-refractivity contribution in [3.8, 4) is 17.3 Å². The standard InChI is InChI=1S/C17H10BrCl2F3N2O.C10H5Cl2F3N2O/c18-11-6-4-10(5-7-11)9-26-15-8-14(17(21,22)23)24-25(15)16-12(19)2-1-3-13(16)20;11-5-2-1-3-6(12)9(5)17-8(18)4-7(16-17)10(13,14)15/h1-8H,9H2;1-4,16H. The Morgan fingerprint density at radius 2 is 1.30 bits per heavy atom. The van der Waals surface area contributed by atoms with Gasteiger partial charge in [-0.1, -0.05) is 86.6 Å². The summed E-state index contributed by atoms with van der Waals surface area (Å²) in [5, 5.41) is 5.97. The molecular weight excluding hydrogens is 748 g/mol. The smallest absolute Gasteiger partial charge is 0.435 e. The third kappa shape index (κ3) is 7.94. The first-order valence-electron chi connectivity index (χ1n) is 11.9. The number of nitrogens with one attached hydrogen (secondary N) is 1. The van der Waals surface area contributed by atoms with Crippen molar-refractivity contribution in [2.75, 3.05) is 0 Å². The Morgan fingerprint density at radius 1 is 0.773 bits per heavy atom. The van der Waals surface area contributed by atoms with E-state index in [0.717, 1.165) is 20.8 Å². The molecule has 0 aliphatic rings. The minimum Gasteiger partial charge on any atom is -0.473 e. The zero-order valence-corrected chi connectivity index (χ0v) is 26.1. The Labute approximate surface area is 272 Å². The van der Waals surface area contributed by atoms with Gasteiger partial charge in [-0.25, -0.2) is 4.68 Å². The summed E-state index contributed by atoms with van der Waals surface area (Å²) in [5.41, 5.74) is -2.27. The molecule has 5 aromatic rings. The zero-order chi connectivity index (χ0) is 32.4. The van der Waals surface area contributed by atoms with Crippen molar-refractivity contribution in [3.05, 3.63) is 125 Å². The van der Waals surface area contributed by atoms with Crippen LogP contribution in [-0.4, -0.2) is 19.6 Å². The molecule has 0 aliphatic heterocycles. The van der Waals surface area contributed by atoms with E-state index in [4.69, 9.17) is 51.1 Å². The third-order valence-corrected chi connectivity index (χ3v) is 7.35. The minimum absolute atomic E-state index is 0.0127. The average Bonchev–Trinajstić information content (AvgIpc) is 3.53. The van der Waals surface area contributed by atoms with E-state index in [9.17, 15) is 31.1 Å². The summed E-state index contributed by atoms with van der Waals surface area (Å²) in [6.45, 7) is 0.0539. The van der Waals surface area contributed by atoms with Crippen LogP contribution in [0.1, 0.15) is 17.0 Å². The predicted octanol–water partition coefficient (Wildman–Crippen LogP) is 10.0. The van der Waals surface area contributed by atoms with Crippen LogP contribution < -0.4 is 10.3 Å². The molecule has 0 atom stereocenters. The normalized spacial score (nSPS) is 11.7. The molecule has 0 spiro atoms. The fraction of sp³-hybridized carbons (Fsp3) is 0.111. The van der Waals surface area contributed by atoms with E-state index in [-0.39, 0.29) is 44.0 Å². The van der Waals surface area contributed by atoms with E-state index in [0.29, 0.717) is 10.7 Å². The van der Waals surface area contributed by atoms with Gasteiger partial charge in [-0.05, 0) is 42.0 Å². The molecule has 3 aromatic carbocycles. The molecule has 0 amide bonds. The quantitative estimate of drug-likeness (QED) is 0.181. The van der Waals surface area contributed by atoms with Gasteiger partial charge in [0.25, 0.3) is 5.56 Å². The van der Waals surface area contributed by atoms with E-state index in [1.54, 1.807) is 18.2 Å². The van der Waals surface area contributed by atoms with E-state index in [1.165, 1.54) is 30.3 Å². The monoisotopic (exact) mass is 760 g/mol. The van der Waals surface area contributed by atoms with Crippen LogP contribution in [0.4, 0.5) is 26.3 Å². The second-order valence-corrected chi connectivity index (χ2v) is 11.2. The molecule has 0 fully saturated rings. The van der Waals surface area contributed by atoms with Gasteiger partial charge in [0.15, 0.2) is 5.69 Å². The lowest BCUT2D eigenvalue weighted by Gasteiger charge is -2.12. The van der Waals surface area contributed by atoms with E-state index >= 15 is 0 Å². The highest BCUT2D eigenvalue weighted by Crippen LogP contribution is 2.36. The molecule has 0 aliphatic carbocycles. The van der Waals surface area contributed by atoms with Crippen LogP contribution in [0.2, 0.25) is 20.1 Å². The number of halogens is 11. The number of hydrogen-bond acceptors (Lipinski definition) is 3. The Balaban J connectivity index is 0.000000215. The Morgan fingerprint density at radius 3 is 1.77 bits per heavy atom. The molecule has 0 unspecified atom stereocenters. The fourth-order valence-electron chi connectivity index (χ4n) is 3.60. The van der Waals surface area contributed by atoms with Crippen molar-refractivity contribution in [3.63, 3.8) is 0 Å². The van der Waals surface area contributed by atoms with E-state index < -0.39 is 29.3 Å². The lowest BCUT2D eigenvalue weighted by atomic mass is 10.2. The van der Waals surface area contributed by atoms with Crippen molar-refractivity contribution in [1.29, 1.82) is 0 Å². The third-order valence-electron chi connectivity index (χ3n) is 5.60. The number of ether oxygens (including phenoxy) is 1. The van der Waals surface area contributed by atoms with Gasteiger partial charge in [0.2, 0.25) is 5.88 Å². The van der Waals surface area contributed by atoms with Gasteiger partial charge in [-0.3, -0.25) is 9.89 Å². The maximum absolute atomic E-state index is 13.1. The summed E-state index contributed by atoms with van der Waals surface area (Å²) in [5.74, 6) is -0.116. The first kappa shape index (κ1) is 33.8. The second-order valence-electron chi connectivity index (χ2n) is 8.67. The van der Waals surface area contributed by atoms with Gasteiger partial charge in [0.1, 0.15) is 23.7 Å². The maximum Gasteiger partial charge on any atom is 0.435 e. The van der Waals surface area contributed by atoms with Crippen molar-refractivity contribution in [2.45, 2.75) is 19.0 Å². The Hall–Kier alpha value is -3.10. The Kier molecular flexibility index (Phi) is 10.4. The molecule has 0 radical (unpaired) electrons. The van der Waals surface area contributed by atoms with Gasteiger partial charge < -0.3 is 4.74 Å². The van der Waals surface area contributed by atoms with Crippen LogP contribution in [0.15, 0.2) is 82.1 Å². The second kappa shape index (κ2) is 13.5. The number of aromatic amines is 1. The van der Waals surface area contributed by atoms with E-state index in [2.05, 4.69) is 21.0 Å². The van der Waals surface area contributed by atoms with Crippen LogP contribution in [0.3, 0.4) is 0 Å². The van der Waals surface area contributed by atoms with Crippen LogP contribution in [0, 0.1) is 0 Å². The highest BCUT2D eigenvalue weighted by atomic mass is 79.9. The van der Waals surface area contributed by atoms with Crippen molar-refractivity contribution < 1.29 is 31.1 Å². The van der Waals surface area contributed by atoms with E-state index in [1.807, 2.05) is 17.2 Å². The summed E-state index contributed by atoms with van der Waals surface area (Å²) in [6, 6.07) is 17.4. The van der Waals surface area contributed by atoms with Gasteiger partial charge in [0.05, 0.1) is 20.1 Å². The summed E-state index contributed by atoms with van der Waals surface area (Å²) >= 11 is 27.2. The number of H-pyrrole nitrogens is 1. The first-order valence-corrected chi connectivity index (χ1v) is 14.2. The molecule has 2 heterocycles. The maximum atomic E-state index is 13.1. The molecule has 44 heavy (non-hydrogen) atoms. The molecule has 2 aromatic heterocycles.